The molecular weight excluding hydrogens is 384 g/mol. The van der Waals surface area contributed by atoms with Gasteiger partial charge in [-0.15, -0.1) is 0 Å². The summed E-state index contributed by atoms with van der Waals surface area (Å²) in [6.45, 7) is 10.8. The number of aromatic nitrogens is 2. The van der Waals surface area contributed by atoms with Gasteiger partial charge in [0.2, 0.25) is 0 Å². The van der Waals surface area contributed by atoms with Gasteiger partial charge >= 0.3 is 6.09 Å². The van der Waals surface area contributed by atoms with Gasteiger partial charge in [-0.2, -0.15) is 0 Å². The summed E-state index contributed by atoms with van der Waals surface area (Å²) in [5, 5.41) is 3.28. The SMILES string of the molecule is CCCOC1CN(C(=O)OC(C)(C)C)CCC1NC(=O)c1nc(Cl)c(CC)[nH]1. The number of hydrogen-bond donors (Lipinski definition) is 2. The molecule has 2 amide bonds. The van der Waals surface area contributed by atoms with Crippen LogP contribution < -0.4 is 5.32 Å². The minimum Gasteiger partial charge on any atom is -0.444 e. The first kappa shape index (κ1) is 22.5. The van der Waals surface area contributed by atoms with Crippen LogP contribution in [0.5, 0.6) is 0 Å². The van der Waals surface area contributed by atoms with Gasteiger partial charge in [-0.25, -0.2) is 9.78 Å². The van der Waals surface area contributed by atoms with E-state index in [-0.39, 0.29) is 30.0 Å². The van der Waals surface area contributed by atoms with Crippen LogP contribution in [0.3, 0.4) is 0 Å². The summed E-state index contributed by atoms with van der Waals surface area (Å²) < 4.78 is 11.4. The van der Waals surface area contributed by atoms with E-state index in [1.54, 1.807) is 4.90 Å². The number of ether oxygens (including phenoxy) is 2. The topological polar surface area (TPSA) is 96.6 Å². The Morgan fingerprint density at radius 3 is 2.64 bits per heavy atom. The summed E-state index contributed by atoms with van der Waals surface area (Å²) in [5.74, 6) is -0.145. The van der Waals surface area contributed by atoms with E-state index in [0.717, 1.165) is 12.1 Å². The number of nitrogens with one attached hydrogen (secondary N) is 2. The lowest BCUT2D eigenvalue weighted by Gasteiger charge is -2.39. The van der Waals surface area contributed by atoms with Crippen LogP contribution in [-0.4, -0.2) is 64.3 Å². The van der Waals surface area contributed by atoms with Crippen molar-refractivity contribution in [3.8, 4) is 0 Å². The zero-order valence-electron chi connectivity index (χ0n) is 17.3. The normalized spacial score (nSPS) is 20.1. The first-order valence-electron chi connectivity index (χ1n) is 9.79. The van der Waals surface area contributed by atoms with Crippen molar-refractivity contribution in [3.05, 3.63) is 16.7 Å². The molecule has 2 atom stereocenters. The van der Waals surface area contributed by atoms with E-state index in [4.69, 9.17) is 21.1 Å². The molecule has 2 N–H and O–H groups in total. The fourth-order valence-electron chi connectivity index (χ4n) is 2.98. The number of hydrogen-bond acceptors (Lipinski definition) is 5. The smallest absolute Gasteiger partial charge is 0.410 e. The van der Waals surface area contributed by atoms with Gasteiger partial charge in [0.15, 0.2) is 11.0 Å². The van der Waals surface area contributed by atoms with Crippen molar-refractivity contribution in [1.29, 1.82) is 0 Å². The molecule has 0 bridgehead atoms. The second kappa shape index (κ2) is 9.60. The highest BCUT2D eigenvalue weighted by Gasteiger charge is 2.35. The average molecular weight is 415 g/mol. The maximum absolute atomic E-state index is 12.6. The van der Waals surface area contributed by atoms with Crippen LogP contribution in [0.15, 0.2) is 0 Å². The fraction of sp³-hybridized carbons (Fsp3) is 0.737. The zero-order chi connectivity index (χ0) is 20.9. The highest BCUT2D eigenvalue weighted by atomic mass is 35.5. The van der Waals surface area contributed by atoms with Crippen LogP contribution in [0, 0.1) is 0 Å². The third-order valence-corrected chi connectivity index (χ3v) is 4.67. The largest absolute Gasteiger partial charge is 0.444 e. The predicted molar refractivity (Wildman–Crippen MR) is 107 cm³/mol. The maximum atomic E-state index is 12.6. The quantitative estimate of drug-likeness (QED) is 0.745. The summed E-state index contributed by atoms with van der Waals surface area (Å²) in [4.78, 5) is 33.7. The molecule has 9 heteroatoms. The summed E-state index contributed by atoms with van der Waals surface area (Å²) in [5.41, 5.74) is 0.169. The Balaban J connectivity index is 2.04. The summed E-state index contributed by atoms with van der Waals surface area (Å²) in [6, 6.07) is -0.230. The number of carbonyl (C=O) groups is 2. The molecule has 1 aliphatic rings. The second-order valence-electron chi connectivity index (χ2n) is 7.91. The number of carbonyl (C=O) groups excluding carboxylic acids is 2. The molecule has 1 fully saturated rings. The molecule has 2 rings (SSSR count). The van der Waals surface area contributed by atoms with E-state index >= 15 is 0 Å². The highest BCUT2D eigenvalue weighted by molar-refractivity contribution is 6.30. The van der Waals surface area contributed by atoms with Crippen LogP contribution in [0.1, 0.15) is 63.8 Å². The van der Waals surface area contributed by atoms with Crippen LogP contribution in [0.2, 0.25) is 5.15 Å². The van der Waals surface area contributed by atoms with Crippen molar-refractivity contribution in [2.75, 3.05) is 19.7 Å². The van der Waals surface area contributed by atoms with E-state index in [9.17, 15) is 9.59 Å². The number of imidazole rings is 1. The van der Waals surface area contributed by atoms with Gasteiger partial charge in [0.05, 0.1) is 24.4 Å². The van der Waals surface area contributed by atoms with Crippen molar-refractivity contribution in [2.24, 2.45) is 0 Å². The number of aryl methyl sites for hydroxylation is 1. The third-order valence-electron chi connectivity index (χ3n) is 4.36. The van der Waals surface area contributed by atoms with Crippen molar-refractivity contribution < 1.29 is 19.1 Å². The molecule has 0 aromatic carbocycles. The van der Waals surface area contributed by atoms with Gasteiger partial charge in [0, 0.05) is 13.2 Å². The molecule has 0 radical (unpaired) electrons. The number of amides is 2. The molecule has 28 heavy (non-hydrogen) atoms. The predicted octanol–water partition coefficient (Wildman–Crippen LogP) is 3.16. The fourth-order valence-corrected chi connectivity index (χ4v) is 3.24. The Labute approximate surface area is 171 Å². The number of H-pyrrole nitrogens is 1. The molecule has 2 heterocycles. The van der Waals surface area contributed by atoms with E-state index in [1.807, 2.05) is 34.6 Å². The van der Waals surface area contributed by atoms with Gasteiger partial charge in [0.25, 0.3) is 5.91 Å². The van der Waals surface area contributed by atoms with E-state index < -0.39 is 5.60 Å². The number of rotatable bonds is 6. The summed E-state index contributed by atoms with van der Waals surface area (Å²) in [6.07, 6.45) is 1.38. The van der Waals surface area contributed by atoms with Crippen molar-refractivity contribution in [3.63, 3.8) is 0 Å². The standard InChI is InChI=1S/C19H31ClN4O4/c1-6-10-27-14-11-24(18(26)28-19(3,4)5)9-8-13(14)22-17(25)16-21-12(7-2)15(20)23-16/h13-14H,6-11H2,1-5H3,(H,21,23)(H,22,25). The Bertz CT molecular complexity index is 686. The highest BCUT2D eigenvalue weighted by Crippen LogP contribution is 2.19. The first-order chi connectivity index (χ1) is 13.1. The molecule has 1 aliphatic heterocycles. The van der Waals surface area contributed by atoms with E-state index in [0.29, 0.717) is 37.7 Å². The van der Waals surface area contributed by atoms with E-state index in [2.05, 4.69) is 15.3 Å². The molecule has 158 valence electrons. The van der Waals surface area contributed by atoms with Crippen molar-refractivity contribution in [1.82, 2.24) is 20.2 Å². The van der Waals surface area contributed by atoms with E-state index in [1.165, 1.54) is 0 Å². The molecule has 1 aromatic heterocycles. The van der Waals surface area contributed by atoms with Crippen LogP contribution in [0.25, 0.3) is 0 Å². The summed E-state index contributed by atoms with van der Waals surface area (Å²) >= 11 is 6.03. The lowest BCUT2D eigenvalue weighted by Crippen LogP contribution is -2.57. The number of piperidine rings is 1. The van der Waals surface area contributed by atoms with Crippen molar-refractivity contribution in [2.45, 2.75) is 71.6 Å². The Morgan fingerprint density at radius 1 is 1.36 bits per heavy atom. The van der Waals surface area contributed by atoms with Crippen molar-refractivity contribution >= 4 is 23.6 Å². The molecule has 0 spiro atoms. The van der Waals surface area contributed by atoms with Gasteiger partial charge in [-0.05, 0) is 40.0 Å². The number of halogens is 1. The van der Waals surface area contributed by atoms with Gasteiger partial charge in [-0.3, -0.25) is 4.79 Å². The first-order valence-corrected chi connectivity index (χ1v) is 10.2. The molecule has 8 nitrogen and oxygen atoms in total. The monoisotopic (exact) mass is 414 g/mol. The lowest BCUT2D eigenvalue weighted by atomic mass is 10.0. The minimum atomic E-state index is -0.558. The average Bonchev–Trinajstić information content (AvgIpc) is 3.00. The Kier molecular flexibility index (Phi) is 7.71. The molecule has 1 saturated heterocycles. The molecular formula is C19H31ClN4O4. The lowest BCUT2D eigenvalue weighted by molar-refractivity contribution is -0.0331. The van der Waals surface area contributed by atoms with Crippen LogP contribution in [0.4, 0.5) is 4.79 Å². The number of aromatic amines is 1. The zero-order valence-corrected chi connectivity index (χ0v) is 18.1. The van der Waals surface area contributed by atoms with Crippen LogP contribution in [-0.2, 0) is 15.9 Å². The molecule has 0 aliphatic carbocycles. The molecule has 2 unspecified atom stereocenters. The van der Waals surface area contributed by atoms with Gasteiger partial charge in [-0.1, -0.05) is 25.4 Å². The third kappa shape index (κ3) is 6.10. The Morgan fingerprint density at radius 2 is 2.07 bits per heavy atom. The van der Waals surface area contributed by atoms with Gasteiger partial charge in [0.1, 0.15) is 5.60 Å². The van der Waals surface area contributed by atoms with Crippen LogP contribution >= 0.6 is 11.6 Å². The number of nitrogens with zero attached hydrogens (tertiary/aromatic N) is 2. The molecule has 0 saturated carbocycles. The second-order valence-corrected chi connectivity index (χ2v) is 8.27. The maximum Gasteiger partial charge on any atom is 0.410 e. The summed E-state index contributed by atoms with van der Waals surface area (Å²) in [7, 11) is 0. The molecule has 1 aromatic rings. The number of likely N-dealkylation sites (tertiary alicyclic amines) is 1. The van der Waals surface area contributed by atoms with Gasteiger partial charge < -0.3 is 24.7 Å². The minimum absolute atomic E-state index is 0.186. The Hall–Kier alpha value is -1.80.